The van der Waals surface area contributed by atoms with Crippen LogP contribution in [0.1, 0.15) is 32.0 Å². The Morgan fingerprint density at radius 2 is 1.73 bits per heavy atom. The molecule has 0 bridgehead atoms. The maximum atomic E-state index is 12.4. The van der Waals surface area contributed by atoms with Gasteiger partial charge in [-0.2, -0.15) is 0 Å². The van der Waals surface area contributed by atoms with Crippen molar-refractivity contribution < 1.29 is 8.42 Å². The lowest BCUT2D eigenvalue weighted by molar-refractivity contribution is 0.587. The molecule has 2 aromatic rings. The summed E-state index contributed by atoms with van der Waals surface area (Å²) in [7, 11) is -3.66. The average molecular weight is 339 g/mol. The van der Waals surface area contributed by atoms with Gasteiger partial charge < -0.3 is 0 Å². The number of benzene rings is 1. The third-order valence-electron chi connectivity index (χ3n) is 3.33. The van der Waals surface area contributed by atoms with Crippen molar-refractivity contribution in [3.63, 3.8) is 0 Å². The Balaban J connectivity index is 2.33. The van der Waals surface area contributed by atoms with E-state index in [1.54, 1.807) is 25.1 Å². The number of hydrogen-bond donors (Lipinski definition) is 1. The third-order valence-corrected chi connectivity index (χ3v) is 4.92. The molecule has 0 fully saturated rings. The summed E-state index contributed by atoms with van der Waals surface area (Å²) in [4.78, 5) is 4.25. The van der Waals surface area contributed by atoms with E-state index in [1.165, 1.54) is 6.20 Å². The molecule has 0 aliphatic carbocycles. The van der Waals surface area contributed by atoms with E-state index in [2.05, 4.69) is 30.5 Å². The van der Waals surface area contributed by atoms with Gasteiger partial charge in [0.05, 0.1) is 21.3 Å². The highest BCUT2D eigenvalue weighted by Crippen LogP contribution is 2.25. The fraction of sp³-hybridized carbons (Fsp3) is 0.312. The van der Waals surface area contributed by atoms with Crippen LogP contribution in [0.4, 0.5) is 5.69 Å². The third kappa shape index (κ3) is 3.78. The highest BCUT2D eigenvalue weighted by Gasteiger charge is 2.18. The summed E-state index contributed by atoms with van der Waals surface area (Å²) in [5, 5.41) is 0.381. The van der Waals surface area contributed by atoms with E-state index in [0.717, 1.165) is 5.56 Å². The lowest BCUT2D eigenvalue weighted by Gasteiger charge is -2.19. The van der Waals surface area contributed by atoms with Crippen LogP contribution in [-0.4, -0.2) is 13.4 Å². The Morgan fingerprint density at radius 1 is 1.14 bits per heavy atom. The first-order chi connectivity index (χ1) is 10.1. The fourth-order valence-electron chi connectivity index (χ4n) is 1.95. The number of pyridine rings is 1. The molecule has 0 saturated heterocycles. The summed E-state index contributed by atoms with van der Waals surface area (Å²) in [6.45, 7) is 7.96. The van der Waals surface area contributed by atoms with Crippen LogP contribution in [0.15, 0.2) is 41.4 Å². The standard InChI is InChI=1S/C16H19ClN2O2S/c1-11-15(9-13(17)10-18-11)19-22(20,21)14-7-5-12(6-8-14)16(2,3)4/h5-10,19H,1-4H3. The number of hydrogen-bond acceptors (Lipinski definition) is 3. The van der Waals surface area contributed by atoms with E-state index in [0.29, 0.717) is 16.4 Å². The maximum Gasteiger partial charge on any atom is 0.261 e. The highest BCUT2D eigenvalue weighted by molar-refractivity contribution is 7.92. The van der Waals surface area contributed by atoms with E-state index in [-0.39, 0.29) is 10.3 Å². The van der Waals surface area contributed by atoms with Crippen LogP contribution >= 0.6 is 11.6 Å². The first kappa shape index (κ1) is 16.8. The lowest BCUT2D eigenvalue weighted by Crippen LogP contribution is -2.15. The summed E-state index contributed by atoms with van der Waals surface area (Å²) in [6.07, 6.45) is 1.48. The molecule has 0 saturated carbocycles. The van der Waals surface area contributed by atoms with Gasteiger partial charge in [0.15, 0.2) is 0 Å². The molecule has 0 aliphatic heterocycles. The fourth-order valence-corrected chi connectivity index (χ4v) is 3.22. The lowest BCUT2D eigenvalue weighted by atomic mass is 9.87. The molecule has 0 aliphatic rings. The SMILES string of the molecule is Cc1ncc(Cl)cc1NS(=O)(=O)c1ccc(C(C)(C)C)cc1. The first-order valence-electron chi connectivity index (χ1n) is 6.85. The number of anilines is 1. The predicted octanol–water partition coefficient (Wildman–Crippen LogP) is 4.14. The van der Waals surface area contributed by atoms with Crippen LogP contribution in [0.5, 0.6) is 0 Å². The second-order valence-corrected chi connectivity index (χ2v) is 8.29. The summed E-state index contributed by atoms with van der Waals surface area (Å²) in [5.41, 5.74) is 2.00. The molecule has 0 atom stereocenters. The molecular weight excluding hydrogens is 320 g/mol. The quantitative estimate of drug-likeness (QED) is 0.914. The van der Waals surface area contributed by atoms with Crippen molar-refractivity contribution in [2.75, 3.05) is 4.72 Å². The molecule has 0 amide bonds. The summed E-state index contributed by atoms with van der Waals surface area (Å²) >= 11 is 5.87. The molecule has 4 nitrogen and oxygen atoms in total. The number of aromatic nitrogens is 1. The van der Waals surface area contributed by atoms with Crippen LogP contribution in [0.3, 0.4) is 0 Å². The van der Waals surface area contributed by atoms with E-state index in [4.69, 9.17) is 11.6 Å². The molecular formula is C16H19ClN2O2S. The minimum Gasteiger partial charge on any atom is -0.278 e. The molecule has 1 heterocycles. The van der Waals surface area contributed by atoms with Crippen molar-refractivity contribution in [1.29, 1.82) is 0 Å². The highest BCUT2D eigenvalue weighted by atomic mass is 35.5. The maximum absolute atomic E-state index is 12.4. The monoisotopic (exact) mass is 338 g/mol. The minimum atomic E-state index is -3.66. The van der Waals surface area contributed by atoms with Gasteiger partial charge in [-0.3, -0.25) is 9.71 Å². The van der Waals surface area contributed by atoms with Crippen LogP contribution in [0.25, 0.3) is 0 Å². The van der Waals surface area contributed by atoms with Gasteiger partial charge in [0.2, 0.25) is 0 Å². The van der Waals surface area contributed by atoms with Gasteiger partial charge in [-0.1, -0.05) is 44.5 Å². The second-order valence-electron chi connectivity index (χ2n) is 6.17. The molecule has 1 aromatic carbocycles. The second kappa shape index (κ2) is 5.89. The van der Waals surface area contributed by atoms with E-state index in [1.807, 2.05) is 12.1 Å². The molecule has 22 heavy (non-hydrogen) atoms. The number of rotatable bonds is 3. The number of sulfonamides is 1. The van der Waals surface area contributed by atoms with Crippen molar-refractivity contribution in [2.24, 2.45) is 0 Å². The van der Waals surface area contributed by atoms with Gasteiger partial charge in [0.1, 0.15) is 0 Å². The molecule has 0 unspecified atom stereocenters. The van der Waals surface area contributed by atoms with Gasteiger partial charge in [-0.05, 0) is 36.1 Å². The van der Waals surface area contributed by atoms with Crippen molar-refractivity contribution in [3.05, 3.63) is 52.8 Å². The average Bonchev–Trinajstić information content (AvgIpc) is 2.42. The van der Waals surface area contributed by atoms with Crippen molar-refractivity contribution in [3.8, 4) is 0 Å². The molecule has 118 valence electrons. The van der Waals surface area contributed by atoms with Gasteiger partial charge in [-0.15, -0.1) is 0 Å². The minimum absolute atomic E-state index is 0.0246. The Bertz CT molecular complexity index is 779. The normalized spacial score (nSPS) is 12.2. The number of aryl methyl sites for hydroxylation is 1. The van der Waals surface area contributed by atoms with E-state index in [9.17, 15) is 8.42 Å². The molecule has 0 radical (unpaired) electrons. The smallest absolute Gasteiger partial charge is 0.261 e. The van der Waals surface area contributed by atoms with Gasteiger partial charge in [-0.25, -0.2) is 8.42 Å². The Morgan fingerprint density at radius 3 is 2.27 bits per heavy atom. The summed E-state index contributed by atoms with van der Waals surface area (Å²) < 4.78 is 27.4. The number of nitrogens with one attached hydrogen (secondary N) is 1. The van der Waals surface area contributed by atoms with Crippen LogP contribution in [0.2, 0.25) is 5.02 Å². The molecule has 0 spiro atoms. The van der Waals surface area contributed by atoms with Gasteiger partial charge in [0, 0.05) is 6.20 Å². The van der Waals surface area contributed by atoms with Crippen molar-refractivity contribution in [1.82, 2.24) is 4.98 Å². The van der Waals surface area contributed by atoms with Gasteiger partial charge in [0.25, 0.3) is 10.0 Å². The zero-order chi connectivity index (χ0) is 16.5. The van der Waals surface area contributed by atoms with Crippen LogP contribution < -0.4 is 4.72 Å². The Kier molecular flexibility index (Phi) is 4.49. The number of nitrogens with zero attached hydrogens (tertiary/aromatic N) is 1. The summed E-state index contributed by atoms with van der Waals surface area (Å²) in [6, 6.07) is 8.42. The predicted molar refractivity (Wildman–Crippen MR) is 89.9 cm³/mol. The molecule has 2 rings (SSSR count). The number of halogens is 1. The van der Waals surface area contributed by atoms with Crippen LogP contribution in [-0.2, 0) is 15.4 Å². The molecule has 6 heteroatoms. The molecule has 1 aromatic heterocycles. The van der Waals surface area contributed by atoms with Crippen LogP contribution in [0, 0.1) is 6.92 Å². The summed E-state index contributed by atoms with van der Waals surface area (Å²) in [5.74, 6) is 0. The zero-order valence-electron chi connectivity index (χ0n) is 13.0. The zero-order valence-corrected chi connectivity index (χ0v) is 14.6. The van der Waals surface area contributed by atoms with E-state index >= 15 is 0 Å². The van der Waals surface area contributed by atoms with E-state index < -0.39 is 10.0 Å². The molecule has 1 N–H and O–H groups in total. The Hall–Kier alpha value is -1.59. The van der Waals surface area contributed by atoms with Gasteiger partial charge >= 0.3 is 0 Å². The van der Waals surface area contributed by atoms with Crippen molar-refractivity contribution in [2.45, 2.75) is 38.0 Å². The topological polar surface area (TPSA) is 59.1 Å². The van der Waals surface area contributed by atoms with Crippen molar-refractivity contribution >= 4 is 27.3 Å². The Labute approximate surface area is 136 Å². The largest absolute Gasteiger partial charge is 0.278 e. The first-order valence-corrected chi connectivity index (χ1v) is 8.71.